The van der Waals surface area contributed by atoms with Gasteiger partial charge in [-0.2, -0.15) is 0 Å². The number of carbonyl (C=O) groups excluding carboxylic acids is 1. The molecule has 0 heterocycles. The first-order valence-corrected chi connectivity index (χ1v) is 5.23. The minimum Gasteiger partial charge on any atom is -0.399 e. The lowest BCUT2D eigenvalue weighted by atomic mass is 10.2. The molecule has 4 nitrogen and oxygen atoms in total. The predicted molar refractivity (Wildman–Crippen MR) is 64.7 cm³/mol. The standard InChI is InChI=1S/C11H15ClN2O2/c1-14(5-6-16-2)11(15)9-4-3-8(13)7-10(9)12/h3-4,7H,5-6,13H2,1-2H3. The zero-order valence-corrected chi connectivity index (χ0v) is 10.1. The van der Waals surface area contributed by atoms with Crippen LogP contribution in [0.15, 0.2) is 18.2 Å². The van der Waals surface area contributed by atoms with E-state index in [1.54, 1.807) is 37.3 Å². The normalized spacial score (nSPS) is 10.2. The number of likely N-dealkylation sites (N-methyl/N-ethyl adjacent to an activating group) is 1. The van der Waals surface area contributed by atoms with Crippen LogP contribution in [0.25, 0.3) is 0 Å². The first-order valence-electron chi connectivity index (χ1n) is 4.85. The van der Waals surface area contributed by atoms with E-state index in [1.165, 1.54) is 0 Å². The summed E-state index contributed by atoms with van der Waals surface area (Å²) < 4.78 is 4.90. The Balaban J connectivity index is 2.79. The molecular weight excluding hydrogens is 228 g/mol. The number of benzene rings is 1. The fraction of sp³-hybridized carbons (Fsp3) is 0.364. The van der Waals surface area contributed by atoms with E-state index >= 15 is 0 Å². The second-order valence-electron chi connectivity index (χ2n) is 3.46. The molecule has 0 unspecified atom stereocenters. The van der Waals surface area contributed by atoms with E-state index in [1.807, 2.05) is 0 Å². The molecule has 0 fully saturated rings. The van der Waals surface area contributed by atoms with E-state index in [2.05, 4.69) is 0 Å². The molecule has 0 saturated carbocycles. The summed E-state index contributed by atoms with van der Waals surface area (Å²) in [7, 11) is 3.29. The van der Waals surface area contributed by atoms with Gasteiger partial charge in [0, 0.05) is 26.4 Å². The van der Waals surface area contributed by atoms with Gasteiger partial charge in [0.1, 0.15) is 0 Å². The van der Waals surface area contributed by atoms with Crippen LogP contribution in [0.2, 0.25) is 5.02 Å². The third-order valence-corrected chi connectivity index (χ3v) is 2.51. The van der Waals surface area contributed by atoms with Crippen molar-refractivity contribution in [3.8, 4) is 0 Å². The molecule has 0 saturated heterocycles. The summed E-state index contributed by atoms with van der Waals surface area (Å²) in [6.45, 7) is 1.02. The van der Waals surface area contributed by atoms with Crippen LogP contribution >= 0.6 is 11.6 Å². The molecule has 1 aromatic rings. The van der Waals surface area contributed by atoms with Gasteiger partial charge in [-0.3, -0.25) is 4.79 Å². The summed E-state index contributed by atoms with van der Waals surface area (Å²) >= 11 is 5.94. The lowest BCUT2D eigenvalue weighted by Gasteiger charge is -2.17. The fourth-order valence-electron chi connectivity index (χ4n) is 1.24. The van der Waals surface area contributed by atoms with Crippen molar-refractivity contribution in [2.24, 2.45) is 0 Å². The first-order chi connectivity index (χ1) is 7.56. The van der Waals surface area contributed by atoms with E-state index in [0.29, 0.717) is 29.4 Å². The number of amides is 1. The molecule has 16 heavy (non-hydrogen) atoms. The van der Waals surface area contributed by atoms with Crippen molar-refractivity contribution in [1.29, 1.82) is 0 Å². The summed E-state index contributed by atoms with van der Waals surface area (Å²) in [6.07, 6.45) is 0. The summed E-state index contributed by atoms with van der Waals surface area (Å²) in [5.41, 5.74) is 6.55. The summed E-state index contributed by atoms with van der Waals surface area (Å²) in [5.74, 6) is -0.137. The zero-order chi connectivity index (χ0) is 12.1. The van der Waals surface area contributed by atoms with Crippen LogP contribution in [-0.2, 0) is 4.74 Å². The van der Waals surface area contributed by atoms with E-state index in [-0.39, 0.29) is 5.91 Å². The molecule has 0 aliphatic carbocycles. The van der Waals surface area contributed by atoms with Gasteiger partial charge in [-0.05, 0) is 18.2 Å². The zero-order valence-electron chi connectivity index (χ0n) is 9.37. The number of nitrogens with zero attached hydrogens (tertiary/aromatic N) is 1. The second kappa shape index (κ2) is 5.72. The van der Waals surface area contributed by atoms with Crippen LogP contribution in [0.5, 0.6) is 0 Å². The average Bonchev–Trinajstić information content (AvgIpc) is 2.25. The van der Waals surface area contributed by atoms with Crippen LogP contribution in [-0.4, -0.2) is 38.1 Å². The highest BCUT2D eigenvalue weighted by atomic mass is 35.5. The topological polar surface area (TPSA) is 55.6 Å². The van der Waals surface area contributed by atoms with Gasteiger partial charge in [0.2, 0.25) is 0 Å². The lowest BCUT2D eigenvalue weighted by molar-refractivity contribution is 0.0744. The third kappa shape index (κ3) is 3.12. The van der Waals surface area contributed by atoms with Crippen LogP contribution < -0.4 is 5.73 Å². The number of carbonyl (C=O) groups is 1. The molecule has 0 radical (unpaired) electrons. The summed E-state index contributed by atoms with van der Waals surface area (Å²) in [4.78, 5) is 13.5. The molecule has 0 aliphatic heterocycles. The molecule has 0 aromatic heterocycles. The quantitative estimate of drug-likeness (QED) is 0.817. The van der Waals surface area contributed by atoms with Crippen molar-refractivity contribution in [1.82, 2.24) is 4.90 Å². The van der Waals surface area contributed by atoms with E-state index in [9.17, 15) is 4.79 Å². The first kappa shape index (κ1) is 12.8. The van der Waals surface area contributed by atoms with Gasteiger partial charge in [-0.1, -0.05) is 11.6 Å². The molecular formula is C11H15ClN2O2. The molecule has 0 atom stereocenters. The van der Waals surface area contributed by atoms with E-state index in [4.69, 9.17) is 22.1 Å². The number of nitrogens with two attached hydrogens (primary N) is 1. The third-order valence-electron chi connectivity index (χ3n) is 2.20. The second-order valence-corrected chi connectivity index (χ2v) is 3.87. The minimum absolute atomic E-state index is 0.137. The largest absolute Gasteiger partial charge is 0.399 e. The minimum atomic E-state index is -0.137. The Labute approximate surface area is 99.9 Å². The number of rotatable bonds is 4. The smallest absolute Gasteiger partial charge is 0.255 e. The highest BCUT2D eigenvalue weighted by Gasteiger charge is 2.14. The van der Waals surface area contributed by atoms with E-state index in [0.717, 1.165) is 0 Å². The highest BCUT2D eigenvalue weighted by molar-refractivity contribution is 6.34. The predicted octanol–water partition coefficient (Wildman–Crippen LogP) is 1.64. The Bertz CT molecular complexity index is 382. The maximum atomic E-state index is 11.9. The number of ether oxygens (including phenoxy) is 1. The molecule has 5 heteroatoms. The average molecular weight is 243 g/mol. The van der Waals surface area contributed by atoms with Gasteiger partial charge in [0.15, 0.2) is 0 Å². The van der Waals surface area contributed by atoms with Gasteiger partial charge in [-0.25, -0.2) is 0 Å². The molecule has 1 rings (SSSR count). The maximum absolute atomic E-state index is 11.9. The number of nitrogen functional groups attached to an aromatic ring is 1. The molecule has 2 N–H and O–H groups in total. The molecule has 0 aliphatic rings. The Kier molecular flexibility index (Phi) is 4.58. The van der Waals surface area contributed by atoms with Gasteiger partial charge in [0.05, 0.1) is 17.2 Å². The van der Waals surface area contributed by atoms with Gasteiger partial charge in [0.25, 0.3) is 5.91 Å². The van der Waals surface area contributed by atoms with Crippen LogP contribution in [0, 0.1) is 0 Å². The van der Waals surface area contributed by atoms with E-state index < -0.39 is 0 Å². The number of hydrogen-bond acceptors (Lipinski definition) is 3. The maximum Gasteiger partial charge on any atom is 0.255 e. The van der Waals surface area contributed by atoms with Crippen LogP contribution in [0.3, 0.4) is 0 Å². The van der Waals surface area contributed by atoms with Crippen molar-refractivity contribution >= 4 is 23.2 Å². The number of hydrogen-bond donors (Lipinski definition) is 1. The fourth-order valence-corrected chi connectivity index (χ4v) is 1.51. The lowest BCUT2D eigenvalue weighted by Crippen LogP contribution is -2.30. The molecule has 1 aromatic carbocycles. The molecule has 0 bridgehead atoms. The summed E-state index contributed by atoms with van der Waals surface area (Å²) in [5, 5.41) is 0.370. The van der Waals surface area contributed by atoms with Crippen molar-refractivity contribution < 1.29 is 9.53 Å². The van der Waals surface area contributed by atoms with Crippen LogP contribution in [0.4, 0.5) is 5.69 Å². The van der Waals surface area contributed by atoms with Gasteiger partial charge >= 0.3 is 0 Å². The Morgan fingerprint density at radius 2 is 2.25 bits per heavy atom. The van der Waals surface area contributed by atoms with Gasteiger partial charge in [-0.15, -0.1) is 0 Å². The Morgan fingerprint density at radius 3 is 2.81 bits per heavy atom. The van der Waals surface area contributed by atoms with Crippen LogP contribution in [0.1, 0.15) is 10.4 Å². The van der Waals surface area contributed by atoms with Crippen molar-refractivity contribution in [2.45, 2.75) is 0 Å². The number of anilines is 1. The van der Waals surface area contributed by atoms with Crippen molar-refractivity contribution in [3.63, 3.8) is 0 Å². The van der Waals surface area contributed by atoms with Crippen molar-refractivity contribution in [3.05, 3.63) is 28.8 Å². The number of halogens is 1. The monoisotopic (exact) mass is 242 g/mol. The Hall–Kier alpha value is -1.26. The SMILES string of the molecule is COCCN(C)C(=O)c1ccc(N)cc1Cl. The summed E-state index contributed by atoms with van der Waals surface area (Å²) in [6, 6.07) is 4.85. The Morgan fingerprint density at radius 1 is 1.56 bits per heavy atom. The van der Waals surface area contributed by atoms with Crippen molar-refractivity contribution in [2.75, 3.05) is 33.0 Å². The number of methoxy groups -OCH3 is 1. The highest BCUT2D eigenvalue weighted by Crippen LogP contribution is 2.20. The molecule has 1 amide bonds. The molecule has 0 spiro atoms. The molecule has 88 valence electrons. The van der Waals surface area contributed by atoms with Gasteiger partial charge < -0.3 is 15.4 Å².